The average Bonchev–Trinajstić information content (AvgIpc) is 2.94. The first-order valence-corrected chi connectivity index (χ1v) is 8.41. The highest BCUT2D eigenvalue weighted by molar-refractivity contribution is 8.00. The number of amides is 1. The molecule has 0 aliphatic rings. The maximum atomic E-state index is 12.4. The summed E-state index contributed by atoms with van der Waals surface area (Å²) < 4.78 is 1.83. The first-order valence-electron chi connectivity index (χ1n) is 6.77. The van der Waals surface area contributed by atoms with Gasteiger partial charge in [-0.25, -0.2) is 0 Å². The Morgan fingerprint density at radius 2 is 1.91 bits per heavy atom. The second-order valence-electron chi connectivity index (χ2n) is 4.76. The fourth-order valence-corrected chi connectivity index (χ4v) is 3.28. The fourth-order valence-electron chi connectivity index (χ4n) is 1.95. The number of hydrogen-bond acceptors (Lipinski definition) is 4. The maximum absolute atomic E-state index is 12.4. The van der Waals surface area contributed by atoms with Crippen LogP contribution in [0.15, 0.2) is 47.8 Å². The van der Waals surface area contributed by atoms with Gasteiger partial charge in [0.2, 0.25) is 5.91 Å². The molecule has 3 rings (SSSR count). The lowest BCUT2D eigenvalue weighted by Gasteiger charge is -2.13. The van der Waals surface area contributed by atoms with Gasteiger partial charge in [-0.05, 0) is 31.2 Å². The number of carbonyl (C=O) groups excluding carboxylic acids is 1. The maximum Gasteiger partial charge on any atom is 0.237 e. The van der Waals surface area contributed by atoms with Gasteiger partial charge in [0.25, 0.3) is 0 Å². The van der Waals surface area contributed by atoms with Gasteiger partial charge in [-0.15, -0.1) is 10.2 Å². The van der Waals surface area contributed by atoms with Crippen molar-refractivity contribution in [1.29, 1.82) is 0 Å². The quantitative estimate of drug-likeness (QED) is 0.704. The molecular formula is C15H12Cl2N4OS. The summed E-state index contributed by atoms with van der Waals surface area (Å²) in [6.07, 6.45) is 1.85. The number of benzene rings is 1. The molecule has 0 saturated carbocycles. The topological polar surface area (TPSA) is 59.3 Å². The number of pyridine rings is 1. The van der Waals surface area contributed by atoms with Gasteiger partial charge in [-0.1, -0.05) is 47.1 Å². The second kappa shape index (κ2) is 6.78. The van der Waals surface area contributed by atoms with Crippen LogP contribution in [0.2, 0.25) is 10.0 Å². The van der Waals surface area contributed by atoms with Crippen LogP contribution in [0, 0.1) is 0 Å². The highest BCUT2D eigenvalue weighted by Gasteiger charge is 2.19. The molecule has 23 heavy (non-hydrogen) atoms. The van der Waals surface area contributed by atoms with Gasteiger partial charge in [-0.2, -0.15) is 0 Å². The van der Waals surface area contributed by atoms with Gasteiger partial charge in [0.15, 0.2) is 10.8 Å². The van der Waals surface area contributed by atoms with Crippen molar-refractivity contribution in [3.63, 3.8) is 0 Å². The van der Waals surface area contributed by atoms with Crippen LogP contribution >= 0.6 is 35.0 Å². The van der Waals surface area contributed by atoms with Crippen molar-refractivity contribution in [3.8, 4) is 0 Å². The predicted octanol–water partition coefficient (Wildman–Crippen LogP) is 4.16. The Hall–Kier alpha value is -1.76. The van der Waals surface area contributed by atoms with Crippen LogP contribution in [0.1, 0.15) is 6.92 Å². The van der Waals surface area contributed by atoms with Crippen molar-refractivity contribution in [2.24, 2.45) is 0 Å². The highest BCUT2D eigenvalue weighted by Crippen LogP contribution is 2.31. The van der Waals surface area contributed by atoms with Crippen molar-refractivity contribution in [3.05, 3.63) is 52.6 Å². The number of thioether (sulfide) groups is 1. The van der Waals surface area contributed by atoms with E-state index in [1.54, 1.807) is 25.1 Å². The second-order valence-corrected chi connectivity index (χ2v) is 6.88. The highest BCUT2D eigenvalue weighted by atomic mass is 35.5. The Bertz CT molecular complexity index is 847. The van der Waals surface area contributed by atoms with Gasteiger partial charge < -0.3 is 5.32 Å². The molecular weight excluding hydrogens is 355 g/mol. The van der Waals surface area contributed by atoms with Gasteiger partial charge in [0.1, 0.15) is 0 Å². The number of rotatable bonds is 4. The molecule has 1 amide bonds. The molecule has 0 spiro atoms. The van der Waals surface area contributed by atoms with Crippen LogP contribution in [-0.2, 0) is 4.79 Å². The molecule has 0 radical (unpaired) electrons. The third-order valence-electron chi connectivity index (χ3n) is 3.14. The lowest BCUT2D eigenvalue weighted by atomic mass is 10.3. The number of carbonyl (C=O) groups is 1. The third-order valence-corrected chi connectivity index (χ3v) is 4.83. The molecule has 118 valence electrons. The number of fused-ring (bicyclic) bond motifs is 1. The van der Waals surface area contributed by atoms with Crippen LogP contribution in [0.3, 0.4) is 0 Å². The Balaban J connectivity index is 1.75. The van der Waals surface area contributed by atoms with E-state index in [1.165, 1.54) is 11.8 Å². The molecule has 2 aromatic heterocycles. The molecule has 8 heteroatoms. The third kappa shape index (κ3) is 3.44. The lowest BCUT2D eigenvalue weighted by Crippen LogP contribution is -2.23. The molecule has 1 atom stereocenters. The molecule has 0 aliphatic carbocycles. The van der Waals surface area contributed by atoms with E-state index < -0.39 is 5.25 Å². The summed E-state index contributed by atoms with van der Waals surface area (Å²) in [5, 5.41) is 12.0. The van der Waals surface area contributed by atoms with Crippen molar-refractivity contribution in [2.45, 2.75) is 17.3 Å². The Morgan fingerprint density at radius 1 is 1.17 bits per heavy atom. The van der Waals surface area contributed by atoms with Crippen molar-refractivity contribution in [1.82, 2.24) is 14.6 Å². The summed E-state index contributed by atoms with van der Waals surface area (Å²) >= 11 is 13.4. The van der Waals surface area contributed by atoms with Gasteiger partial charge in [0, 0.05) is 6.20 Å². The van der Waals surface area contributed by atoms with Crippen LogP contribution in [-0.4, -0.2) is 25.8 Å². The number of nitrogens with one attached hydrogen (secondary N) is 1. The molecule has 0 fully saturated rings. The van der Waals surface area contributed by atoms with E-state index in [-0.39, 0.29) is 5.91 Å². The molecule has 1 aromatic carbocycles. The fraction of sp³-hybridized carbons (Fsp3) is 0.133. The minimum Gasteiger partial charge on any atom is -0.323 e. The Morgan fingerprint density at radius 3 is 2.65 bits per heavy atom. The van der Waals surface area contributed by atoms with Crippen LogP contribution < -0.4 is 5.32 Å². The summed E-state index contributed by atoms with van der Waals surface area (Å²) in [4.78, 5) is 12.4. The summed E-state index contributed by atoms with van der Waals surface area (Å²) in [5.41, 5.74) is 1.15. The summed E-state index contributed by atoms with van der Waals surface area (Å²) in [5.74, 6) is -0.210. The molecule has 0 aliphatic heterocycles. The van der Waals surface area contributed by atoms with Crippen molar-refractivity contribution < 1.29 is 4.79 Å². The largest absolute Gasteiger partial charge is 0.323 e. The van der Waals surface area contributed by atoms with E-state index in [2.05, 4.69) is 15.5 Å². The zero-order valence-electron chi connectivity index (χ0n) is 12.0. The number of para-hydroxylation sites is 1. The molecule has 0 bridgehead atoms. The SMILES string of the molecule is C[C@@H](Sc1nnc2ccccn12)C(=O)Nc1c(Cl)cccc1Cl. The Labute approximate surface area is 147 Å². The molecule has 0 saturated heterocycles. The monoisotopic (exact) mass is 366 g/mol. The van der Waals surface area contributed by atoms with E-state index in [1.807, 2.05) is 28.8 Å². The normalized spacial score (nSPS) is 12.3. The summed E-state index contributed by atoms with van der Waals surface area (Å²) in [6.45, 7) is 1.79. The summed E-state index contributed by atoms with van der Waals surface area (Å²) in [7, 11) is 0. The minimum atomic E-state index is -0.394. The van der Waals surface area contributed by atoms with Crippen molar-refractivity contribution in [2.75, 3.05) is 5.32 Å². The standard InChI is InChI=1S/C15H12Cl2N4OS/c1-9(14(22)18-13-10(16)5-4-6-11(13)17)23-15-20-19-12-7-2-3-8-21(12)15/h2-9H,1H3,(H,18,22)/t9-/m1/s1. The van der Waals surface area contributed by atoms with E-state index in [4.69, 9.17) is 23.2 Å². The number of hydrogen-bond donors (Lipinski definition) is 1. The summed E-state index contributed by atoms with van der Waals surface area (Å²) in [6, 6.07) is 10.7. The smallest absolute Gasteiger partial charge is 0.237 e. The molecule has 3 aromatic rings. The van der Waals surface area contributed by atoms with E-state index in [9.17, 15) is 4.79 Å². The van der Waals surface area contributed by atoms with Crippen LogP contribution in [0.5, 0.6) is 0 Å². The van der Waals surface area contributed by atoms with E-state index in [0.29, 0.717) is 20.9 Å². The number of nitrogens with zero attached hydrogens (tertiary/aromatic N) is 3. The zero-order chi connectivity index (χ0) is 16.4. The first kappa shape index (κ1) is 16.1. The molecule has 2 heterocycles. The predicted molar refractivity (Wildman–Crippen MR) is 93.4 cm³/mol. The van der Waals surface area contributed by atoms with Gasteiger partial charge in [-0.3, -0.25) is 9.20 Å². The molecule has 1 N–H and O–H groups in total. The zero-order valence-corrected chi connectivity index (χ0v) is 14.4. The number of aromatic nitrogens is 3. The van der Waals surface area contributed by atoms with Gasteiger partial charge >= 0.3 is 0 Å². The minimum absolute atomic E-state index is 0.210. The van der Waals surface area contributed by atoms with E-state index in [0.717, 1.165) is 5.65 Å². The van der Waals surface area contributed by atoms with Crippen molar-refractivity contribution >= 4 is 52.2 Å². The first-order chi connectivity index (χ1) is 11.1. The Kier molecular flexibility index (Phi) is 4.75. The van der Waals surface area contributed by atoms with Crippen LogP contribution in [0.4, 0.5) is 5.69 Å². The van der Waals surface area contributed by atoms with Crippen LogP contribution in [0.25, 0.3) is 5.65 Å². The lowest BCUT2D eigenvalue weighted by molar-refractivity contribution is -0.115. The molecule has 0 unspecified atom stereocenters. The number of anilines is 1. The molecule has 5 nitrogen and oxygen atoms in total. The van der Waals surface area contributed by atoms with E-state index >= 15 is 0 Å². The average molecular weight is 367 g/mol. The van der Waals surface area contributed by atoms with Gasteiger partial charge in [0.05, 0.1) is 21.0 Å². The number of halogens is 2.